The zero-order valence-corrected chi connectivity index (χ0v) is 12.9. The number of hydrogen-bond acceptors (Lipinski definition) is 3. The summed E-state index contributed by atoms with van der Waals surface area (Å²) in [6, 6.07) is 9.68. The third-order valence-corrected chi connectivity index (χ3v) is 4.08. The van der Waals surface area contributed by atoms with Crippen LogP contribution in [0.4, 0.5) is 0 Å². The molecule has 1 atom stereocenters. The average molecular weight is 299 g/mol. The van der Waals surface area contributed by atoms with Crippen LogP contribution >= 0.6 is 0 Å². The number of hydrogen-bond donors (Lipinski definition) is 1. The molecule has 1 unspecified atom stereocenters. The number of rotatable bonds is 5. The molecule has 0 aliphatic heterocycles. The van der Waals surface area contributed by atoms with Crippen molar-refractivity contribution in [2.24, 2.45) is 13.0 Å². The summed E-state index contributed by atoms with van der Waals surface area (Å²) in [6.45, 7) is 0.368. The summed E-state index contributed by atoms with van der Waals surface area (Å²) in [6.07, 6.45) is 3.44. The normalized spacial score (nSPS) is 15.6. The van der Waals surface area contributed by atoms with Crippen LogP contribution < -0.4 is 0 Å². The molecule has 1 aromatic carbocycles. The molecule has 1 fully saturated rings. The van der Waals surface area contributed by atoms with Crippen LogP contribution in [0, 0.1) is 5.92 Å². The third-order valence-electron chi connectivity index (χ3n) is 4.08. The first-order valence-electron chi connectivity index (χ1n) is 7.59. The first-order valence-corrected chi connectivity index (χ1v) is 7.59. The van der Waals surface area contributed by atoms with E-state index in [-0.39, 0.29) is 5.91 Å². The zero-order valence-electron chi connectivity index (χ0n) is 12.9. The highest BCUT2D eigenvalue weighted by atomic mass is 16.3. The molecule has 1 aromatic heterocycles. The lowest BCUT2D eigenvalue weighted by Crippen LogP contribution is -2.35. The van der Waals surface area contributed by atoms with Crippen molar-refractivity contribution >= 4 is 5.91 Å². The van der Waals surface area contributed by atoms with Crippen LogP contribution in [-0.2, 0) is 7.05 Å². The van der Waals surface area contributed by atoms with Crippen LogP contribution in [0.5, 0.6) is 0 Å². The number of amides is 1. The Morgan fingerprint density at radius 2 is 2.09 bits per heavy atom. The number of carbonyl (C=O) groups is 1. The van der Waals surface area contributed by atoms with Crippen molar-refractivity contribution in [2.45, 2.75) is 18.9 Å². The van der Waals surface area contributed by atoms with E-state index in [1.165, 1.54) is 0 Å². The predicted octanol–water partition coefficient (Wildman–Crippen LogP) is 1.93. The van der Waals surface area contributed by atoms with Gasteiger partial charge in [-0.3, -0.25) is 9.48 Å². The highest BCUT2D eigenvalue weighted by molar-refractivity contribution is 5.99. The molecule has 1 amide bonds. The fraction of sp³-hybridized carbons (Fsp3) is 0.412. The first-order chi connectivity index (χ1) is 10.6. The van der Waals surface area contributed by atoms with Crippen molar-refractivity contribution in [3.8, 4) is 11.3 Å². The minimum atomic E-state index is -0.425. The van der Waals surface area contributed by atoms with Crippen molar-refractivity contribution in [3.63, 3.8) is 0 Å². The summed E-state index contributed by atoms with van der Waals surface area (Å²) in [5.74, 6) is 0.254. The quantitative estimate of drug-likeness (QED) is 0.918. The molecule has 0 spiro atoms. The standard InChI is InChI=1S/C17H21N3O2/c1-19(11-15(21)12-8-9-12)17(22)14-10-20(2)18-16(14)13-6-4-3-5-7-13/h3-7,10,12,15,21H,8-9,11H2,1-2H3. The molecule has 1 saturated carbocycles. The van der Waals surface area contributed by atoms with Crippen LogP contribution in [-0.4, -0.2) is 45.4 Å². The van der Waals surface area contributed by atoms with E-state index in [0.717, 1.165) is 18.4 Å². The second kappa shape index (κ2) is 5.93. The molecule has 22 heavy (non-hydrogen) atoms. The number of benzene rings is 1. The Morgan fingerprint density at radius 3 is 2.73 bits per heavy atom. The molecule has 1 heterocycles. The third kappa shape index (κ3) is 3.04. The van der Waals surface area contributed by atoms with Gasteiger partial charge in [-0.25, -0.2) is 0 Å². The summed E-state index contributed by atoms with van der Waals surface area (Å²) in [5, 5.41) is 14.4. The Labute approximate surface area is 130 Å². The SMILES string of the molecule is CN(CC(O)C1CC1)C(=O)c1cn(C)nc1-c1ccccc1. The van der Waals surface area contributed by atoms with Gasteiger partial charge in [-0.05, 0) is 18.8 Å². The van der Waals surface area contributed by atoms with Crippen molar-refractivity contribution in [3.05, 3.63) is 42.1 Å². The van der Waals surface area contributed by atoms with Gasteiger partial charge in [0.1, 0.15) is 5.69 Å². The summed E-state index contributed by atoms with van der Waals surface area (Å²) < 4.78 is 1.65. The Balaban J connectivity index is 1.83. The van der Waals surface area contributed by atoms with Gasteiger partial charge in [0.25, 0.3) is 5.91 Å². The predicted molar refractivity (Wildman–Crippen MR) is 84.3 cm³/mol. The van der Waals surface area contributed by atoms with Crippen LogP contribution in [0.25, 0.3) is 11.3 Å². The number of aliphatic hydroxyl groups excluding tert-OH is 1. The lowest BCUT2D eigenvalue weighted by molar-refractivity contribution is 0.0646. The highest BCUT2D eigenvalue weighted by Crippen LogP contribution is 2.33. The zero-order chi connectivity index (χ0) is 15.7. The number of aromatic nitrogens is 2. The van der Waals surface area contributed by atoms with Crippen LogP contribution in [0.1, 0.15) is 23.2 Å². The number of carbonyl (C=O) groups excluding carboxylic acids is 1. The molecule has 1 aliphatic rings. The van der Waals surface area contributed by atoms with Crippen LogP contribution in [0.3, 0.4) is 0 Å². The molecule has 0 radical (unpaired) electrons. The van der Waals surface area contributed by atoms with E-state index in [9.17, 15) is 9.90 Å². The molecular formula is C17H21N3O2. The number of aliphatic hydroxyl groups is 1. The fourth-order valence-electron chi connectivity index (χ4n) is 2.65. The molecule has 2 aromatic rings. The highest BCUT2D eigenvalue weighted by Gasteiger charge is 2.32. The molecule has 3 rings (SSSR count). The molecule has 5 heteroatoms. The summed E-state index contributed by atoms with van der Waals surface area (Å²) in [7, 11) is 3.54. The van der Waals surface area contributed by atoms with Crippen molar-refractivity contribution in [1.29, 1.82) is 0 Å². The fourth-order valence-corrected chi connectivity index (χ4v) is 2.65. The van der Waals surface area contributed by atoms with E-state index in [0.29, 0.717) is 23.7 Å². The average Bonchev–Trinajstić information content (AvgIpc) is 3.30. The van der Waals surface area contributed by atoms with Gasteiger partial charge in [0.05, 0.1) is 11.7 Å². The molecule has 0 saturated heterocycles. The number of aryl methyl sites for hydroxylation is 1. The first kappa shape index (κ1) is 14.8. The Kier molecular flexibility index (Phi) is 3.98. The topological polar surface area (TPSA) is 58.4 Å². The monoisotopic (exact) mass is 299 g/mol. The molecular weight excluding hydrogens is 278 g/mol. The van der Waals surface area contributed by atoms with Gasteiger partial charge in [-0.15, -0.1) is 0 Å². The Morgan fingerprint density at radius 1 is 1.41 bits per heavy atom. The minimum Gasteiger partial charge on any atom is -0.391 e. The summed E-state index contributed by atoms with van der Waals surface area (Å²) >= 11 is 0. The van der Waals surface area contributed by atoms with Gasteiger partial charge in [-0.2, -0.15) is 5.10 Å². The van der Waals surface area contributed by atoms with E-state index < -0.39 is 6.10 Å². The second-order valence-corrected chi connectivity index (χ2v) is 6.02. The lowest BCUT2D eigenvalue weighted by atomic mass is 10.1. The van der Waals surface area contributed by atoms with Gasteiger partial charge in [-0.1, -0.05) is 30.3 Å². The summed E-state index contributed by atoms with van der Waals surface area (Å²) in [5.41, 5.74) is 2.17. The van der Waals surface area contributed by atoms with Crippen molar-refractivity contribution in [1.82, 2.24) is 14.7 Å². The maximum Gasteiger partial charge on any atom is 0.257 e. The maximum atomic E-state index is 12.7. The van der Waals surface area contributed by atoms with Gasteiger partial charge in [0.15, 0.2) is 0 Å². The van der Waals surface area contributed by atoms with E-state index in [4.69, 9.17) is 0 Å². The smallest absolute Gasteiger partial charge is 0.257 e. The second-order valence-electron chi connectivity index (χ2n) is 6.02. The van der Waals surface area contributed by atoms with Gasteiger partial charge in [0.2, 0.25) is 0 Å². The molecule has 1 aliphatic carbocycles. The maximum absolute atomic E-state index is 12.7. The van der Waals surface area contributed by atoms with Crippen LogP contribution in [0.2, 0.25) is 0 Å². The van der Waals surface area contributed by atoms with Crippen molar-refractivity contribution < 1.29 is 9.90 Å². The van der Waals surface area contributed by atoms with E-state index in [1.54, 1.807) is 22.8 Å². The van der Waals surface area contributed by atoms with E-state index in [2.05, 4.69) is 5.10 Å². The molecule has 116 valence electrons. The number of nitrogens with zero attached hydrogens (tertiary/aromatic N) is 3. The molecule has 5 nitrogen and oxygen atoms in total. The van der Waals surface area contributed by atoms with Gasteiger partial charge >= 0.3 is 0 Å². The largest absolute Gasteiger partial charge is 0.391 e. The molecule has 0 bridgehead atoms. The molecule has 1 N–H and O–H groups in total. The minimum absolute atomic E-state index is 0.105. The van der Waals surface area contributed by atoms with E-state index in [1.807, 2.05) is 37.4 Å². The Hall–Kier alpha value is -2.14. The number of likely N-dealkylation sites (N-methyl/N-ethyl adjacent to an activating group) is 1. The van der Waals surface area contributed by atoms with Gasteiger partial charge < -0.3 is 10.0 Å². The van der Waals surface area contributed by atoms with Gasteiger partial charge in [0, 0.05) is 32.4 Å². The van der Waals surface area contributed by atoms with Crippen molar-refractivity contribution in [2.75, 3.05) is 13.6 Å². The Bertz CT molecular complexity index is 662. The van der Waals surface area contributed by atoms with E-state index >= 15 is 0 Å². The van der Waals surface area contributed by atoms with Crippen LogP contribution in [0.15, 0.2) is 36.5 Å². The summed E-state index contributed by atoms with van der Waals surface area (Å²) in [4.78, 5) is 14.3. The lowest BCUT2D eigenvalue weighted by Gasteiger charge is -2.20.